The largest absolute Gasteiger partial charge is 3.00 e. The Bertz CT molecular complexity index is 215. The van der Waals surface area contributed by atoms with E-state index in [-0.39, 0.29) is 19.5 Å². The van der Waals surface area contributed by atoms with Crippen LogP contribution in [0.3, 0.4) is 0 Å². The monoisotopic (exact) mass is 325 g/mol. The summed E-state index contributed by atoms with van der Waals surface area (Å²) in [6, 6.07) is 0. The van der Waals surface area contributed by atoms with Gasteiger partial charge in [-0.05, 0) is 13.8 Å². The fourth-order valence-electron chi connectivity index (χ4n) is 0.457. The minimum Gasteiger partial charge on any atom is -0.545 e. The van der Waals surface area contributed by atoms with Gasteiger partial charge < -0.3 is 15.5 Å². The van der Waals surface area contributed by atoms with Gasteiger partial charge in [0.25, 0.3) is 0 Å². The minimum absolute atomic E-state index is 0. The third kappa shape index (κ3) is 31.3. The predicted octanol–water partition coefficient (Wildman–Crippen LogP) is 2.16. The molecule has 0 aliphatic rings. The molecule has 0 fully saturated rings. The summed E-state index contributed by atoms with van der Waals surface area (Å²) in [6.07, 6.45) is 3.52. The van der Waals surface area contributed by atoms with Crippen molar-refractivity contribution in [3.05, 3.63) is 29.7 Å². The Morgan fingerprint density at radius 3 is 1.18 bits per heavy atom. The van der Waals surface area contributed by atoms with Crippen LogP contribution in [-0.2, 0) is 29.1 Å². The van der Waals surface area contributed by atoms with Crippen LogP contribution in [0.15, 0.2) is 12.4 Å². The van der Waals surface area contributed by atoms with Crippen LogP contribution in [-0.4, -0.2) is 23.5 Å². The van der Waals surface area contributed by atoms with Gasteiger partial charge in [-0.2, -0.15) is 20.8 Å². The Balaban J connectivity index is -0.0000000814. The number of rotatable bonds is 0. The summed E-state index contributed by atoms with van der Waals surface area (Å²) in [7, 11) is 0. The third-order valence-electron chi connectivity index (χ3n) is 0.910. The van der Waals surface area contributed by atoms with Gasteiger partial charge in [0, 0.05) is 12.4 Å². The number of aryl methyl sites for hydroxylation is 2. The number of carbonyl (C=O) groups excluding carboxylic acids is 2. The summed E-state index contributed by atoms with van der Waals surface area (Å²) < 4.78 is 0. The maximum atomic E-state index is 7.75. The molecule has 97 valence electrons. The van der Waals surface area contributed by atoms with Crippen LogP contribution in [0.2, 0.25) is 0 Å². The Morgan fingerprint density at radius 1 is 0.882 bits per heavy atom. The van der Waals surface area contributed by atoms with Crippen molar-refractivity contribution in [2.45, 2.75) is 34.6 Å². The normalized spacial score (nSPS) is 6.94. The molecule has 1 aromatic heterocycles. The molecule has 17 heavy (non-hydrogen) atoms. The summed E-state index contributed by atoms with van der Waals surface area (Å²) in [5.41, 5.74) is 1.94. The van der Waals surface area contributed by atoms with Crippen LogP contribution in [0.4, 0.5) is 0 Å². The van der Waals surface area contributed by atoms with E-state index in [0.717, 1.165) is 11.4 Å². The van der Waals surface area contributed by atoms with Gasteiger partial charge in [-0.1, -0.05) is 0 Å². The zero-order valence-electron chi connectivity index (χ0n) is 10.9. The van der Waals surface area contributed by atoms with E-state index in [2.05, 4.69) is 44.3 Å². The van der Waals surface area contributed by atoms with Crippen molar-refractivity contribution in [3.63, 3.8) is 0 Å². The number of nitrogens with zero attached hydrogens (tertiary/aromatic N) is 2. The summed E-state index contributed by atoms with van der Waals surface area (Å²) in [4.78, 5) is 23.5. The van der Waals surface area contributed by atoms with Gasteiger partial charge >= 0.3 is 19.5 Å². The van der Waals surface area contributed by atoms with Crippen molar-refractivity contribution < 1.29 is 29.1 Å². The molecule has 0 aromatic carbocycles. The van der Waals surface area contributed by atoms with E-state index >= 15 is 0 Å². The Labute approximate surface area is 117 Å². The van der Waals surface area contributed by atoms with E-state index in [1.807, 2.05) is 13.8 Å². The standard InChI is InChI=1S/C6H8N2.C4H9.2CHO.Ru/c1-5-3-8-6(2)4-7-5;1-4(2)3;2*1-2;/h3-4H,1-2H3;1-3H3;2*1H;/q;3*-1;+3. The molecular formula is C12H19N2O2Ru. The third-order valence-corrected chi connectivity index (χ3v) is 0.910. The van der Waals surface area contributed by atoms with Crippen molar-refractivity contribution in [3.8, 4) is 0 Å². The maximum Gasteiger partial charge on any atom is 3.00 e. The quantitative estimate of drug-likeness (QED) is 0.417. The maximum absolute atomic E-state index is 7.75. The van der Waals surface area contributed by atoms with Crippen molar-refractivity contribution in [2.75, 3.05) is 0 Å². The van der Waals surface area contributed by atoms with Crippen LogP contribution in [0.25, 0.3) is 0 Å². The minimum atomic E-state index is 0. The molecule has 0 saturated heterocycles. The van der Waals surface area contributed by atoms with Gasteiger partial charge in [-0.3, -0.25) is 23.5 Å². The van der Waals surface area contributed by atoms with Gasteiger partial charge in [0.2, 0.25) is 0 Å². The predicted molar refractivity (Wildman–Crippen MR) is 65.3 cm³/mol. The first-order valence-electron chi connectivity index (χ1n) is 4.51. The van der Waals surface area contributed by atoms with Crippen molar-refractivity contribution in [2.24, 2.45) is 0 Å². The molecule has 1 heterocycles. The van der Waals surface area contributed by atoms with Gasteiger partial charge in [0.15, 0.2) is 0 Å². The summed E-state index contributed by atoms with van der Waals surface area (Å²) in [5, 5.41) is 0. The molecule has 4 nitrogen and oxygen atoms in total. The number of hydrogen-bond donors (Lipinski definition) is 0. The average Bonchev–Trinajstić information content (AvgIpc) is 2.27. The van der Waals surface area contributed by atoms with E-state index in [1.54, 1.807) is 12.4 Å². The van der Waals surface area contributed by atoms with Gasteiger partial charge in [0.1, 0.15) is 0 Å². The fraction of sp³-hybridized carbons (Fsp3) is 0.417. The van der Waals surface area contributed by atoms with Gasteiger partial charge in [-0.15, -0.1) is 0 Å². The van der Waals surface area contributed by atoms with Crippen LogP contribution < -0.4 is 0 Å². The van der Waals surface area contributed by atoms with Gasteiger partial charge in [-0.25, -0.2) is 0 Å². The van der Waals surface area contributed by atoms with Crippen LogP contribution in [0.1, 0.15) is 32.2 Å². The summed E-state index contributed by atoms with van der Waals surface area (Å²) in [6.45, 7) is 16.6. The van der Waals surface area contributed by atoms with E-state index in [9.17, 15) is 0 Å². The molecule has 1 radical (unpaired) electrons. The smallest absolute Gasteiger partial charge is 0.545 e. The SMILES string of the molecule is C[C-](C)C.Cc1cnc(C)cn1.[CH-]=O.[CH-]=O.[Ru+3]. The zero-order chi connectivity index (χ0) is 13.6. The second-order valence-corrected chi connectivity index (χ2v) is 3.30. The van der Waals surface area contributed by atoms with E-state index in [1.165, 1.54) is 5.92 Å². The molecular weight excluding hydrogens is 305 g/mol. The van der Waals surface area contributed by atoms with E-state index in [4.69, 9.17) is 9.59 Å². The van der Waals surface area contributed by atoms with Gasteiger partial charge in [0.05, 0.1) is 11.4 Å². The molecule has 0 saturated carbocycles. The molecule has 0 atom stereocenters. The molecule has 5 heteroatoms. The number of aromatic nitrogens is 2. The topological polar surface area (TPSA) is 59.9 Å². The van der Waals surface area contributed by atoms with Crippen molar-refractivity contribution in [1.82, 2.24) is 9.97 Å². The fourth-order valence-corrected chi connectivity index (χ4v) is 0.457. The van der Waals surface area contributed by atoms with E-state index < -0.39 is 0 Å². The molecule has 0 amide bonds. The Kier molecular flexibility index (Phi) is 30.1. The molecule has 0 spiro atoms. The van der Waals surface area contributed by atoms with Crippen LogP contribution in [0, 0.1) is 19.8 Å². The van der Waals surface area contributed by atoms with Crippen molar-refractivity contribution in [1.29, 1.82) is 0 Å². The average molecular weight is 324 g/mol. The molecule has 0 unspecified atom stereocenters. The van der Waals surface area contributed by atoms with Crippen LogP contribution >= 0.6 is 0 Å². The molecule has 0 bridgehead atoms. The Morgan fingerprint density at radius 2 is 1.06 bits per heavy atom. The Hall–Kier alpha value is -0.957. The molecule has 0 aliphatic heterocycles. The molecule has 1 aromatic rings. The summed E-state index contributed by atoms with van der Waals surface area (Å²) in [5.74, 6) is 1.42. The first-order valence-corrected chi connectivity index (χ1v) is 4.51. The first kappa shape index (κ1) is 25.0. The molecule has 0 aliphatic carbocycles. The summed E-state index contributed by atoms with van der Waals surface area (Å²) >= 11 is 0. The number of hydrogen-bond acceptors (Lipinski definition) is 4. The van der Waals surface area contributed by atoms with Crippen LogP contribution in [0.5, 0.6) is 0 Å². The second kappa shape index (κ2) is 20.5. The second-order valence-electron chi connectivity index (χ2n) is 3.30. The molecule has 1 rings (SSSR count). The van der Waals surface area contributed by atoms with E-state index in [0.29, 0.717) is 0 Å². The molecule has 0 N–H and O–H groups in total. The zero-order valence-corrected chi connectivity index (χ0v) is 12.6. The first-order chi connectivity index (χ1) is 7.52. The van der Waals surface area contributed by atoms with Crippen molar-refractivity contribution >= 4 is 13.6 Å².